The van der Waals surface area contributed by atoms with Crippen LogP contribution in [-0.2, 0) is 4.79 Å². The van der Waals surface area contributed by atoms with Gasteiger partial charge in [0.2, 0.25) is 5.78 Å². The molecule has 23 heavy (non-hydrogen) atoms. The van der Waals surface area contributed by atoms with E-state index in [0.29, 0.717) is 21.9 Å². The van der Waals surface area contributed by atoms with E-state index in [2.05, 4.69) is 15.9 Å². The molecule has 2 aromatic carbocycles. The summed E-state index contributed by atoms with van der Waals surface area (Å²) in [7, 11) is 0. The highest BCUT2D eigenvalue weighted by molar-refractivity contribution is 9.10. The molecule has 0 unspecified atom stereocenters. The van der Waals surface area contributed by atoms with E-state index in [-0.39, 0.29) is 5.56 Å². The lowest BCUT2D eigenvalue weighted by atomic mass is 10.0. The summed E-state index contributed by atoms with van der Waals surface area (Å²) in [5.41, 5.74) is 0.752. The van der Waals surface area contributed by atoms with E-state index in [1.807, 2.05) is 0 Å². The summed E-state index contributed by atoms with van der Waals surface area (Å²) in [6, 6.07) is 9.17. The van der Waals surface area contributed by atoms with Crippen LogP contribution in [-0.4, -0.2) is 22.8 Å². The number of rotatable bonds is 4. The maximum absolute atomic E-state index is 13.7. The number of ketones is 1. The highest BCUT2D eigenvalue weighted by atomic mass is 79.9. The van der Waals surface area contributed by atoms with Crippen molar-refractivity contribution < 1.29 is 27.9 Å². The lowest BCUT2D eigenvalue weighted by Gasteiger charge is -2.12. The highest BCUT2D eigenvalue weighted by Crippen LogP contribution is 2.33. The smallest absolute Gasteiger partial charge is 0.320 e. The molecule has 0 bridgehead atoms. The summed E-state index contributed by atoms with van der Waals surface area (Å²) in [4.78, 5) is 22.4. The number of Topliss-reactive ketones (excluding diaryl/α,β-unsaturated/α-hetero) is 1. The van der Waals surface area contributed by atoms with Crippen molar-refractivity contribution in [1.82, 2.24) is 0 Å². The molecule has 1 aromatic heterocycles. The number of carbonyl (C=O) groups excluding carboxylic acids is 1. The number of halogens is 3. The molecule has 3 rings (SSSR count). The van der Waals surface area contributed by atoms with Gasteiger partial charge in [-0.15, -0.1) is 0 Å². The summed E-state index contributed by atoms with van der Waals surface area (Å²) >= 11 is 3.31. The molecular formula is C16H9BrF2O4. The number of fused-ring (bicyclic) bond motifs is 3. The average Bonchev–Trinajstić information content (AvgIpc) is 2.81. The number of carboxylic acid groups (broad SMARTS) is 1. The maximum Gasteiger partial charge on any atom is 0.320 e. The molecule has 3 aromatic rings. The van der Waals surface area contributed by atoms with Gasteiger partial charge in [0.25, 0.3) is 0 Å². The van der Waals surface area contributed by atoms with Crippen molar-refractivity contribution in [2.75, 3.05) is 0 Å². The lowest BCUT2D eigenvalue weighted by molar-refractivity contribution is -0.142. The number of carbonyl (C=O) groups is 2. The molecule has 0 spiro atoms. The van der Waals surface area contributed by atoms with Crippen LogP contribution in [0.4, 0.5) is 8.78 Å². The molecule has 0 fully saturated rings. The Balaban J connectivity index is 2.11. The zero-order valence-corrected chi connectivity index (χ0v) is 13.1. The largest absolute Gasteiger partial charge is 0.481 e. The van der Waals surface area contributed by atoms with Crippen molar-refractivity contribution in [2.24, 2.45) is 0 Å². The SMILES string of the molecule is O=C(O)CC(F)(F)C(=O)c1ccc2oc3cc(Br)ccc3c2c1. The van der Waals surface area contributed by atoms with E-state index in [1.54, 1.807) is 18.2 Å². The van der Waals surface area contributed by atoms with Gasteiger partial charge in [-0.2, -0.15) is 8.78 Å². The Hall–Kier alpha value is -2.28. The van der Waals surface area contributed by atoms with Crippen LogP contribution in [0.25, 0.3) is 21.9 Å². The van der Waals surface area contributed by atoms with Crippen LogP contribution in [0.2, 0.25) is 0 Å². The van der Waals surface area contributed by atoms with Gasteiger partial charge in [-0.3, -0.25) is 9.59 Å². The molecular weight excluding hydrogens is 374 g/mol. The first kappa shape index (κ1) is 15.6. The quantitative estimate of drug-likeness (QED) is 0.667. The van der Waals surface area contributed by atoms with Gasteiger partial charge in [0, 0.05) is 20.8 Å². The predicted octanol–water partition coefficient (Wildman–Crippen LogP) is 4.64. The van der Waals surface area contributed by atoms with E-state index in [4.69, 9.17) is 9.52 Å². The van der Waals surface area contributed by atoms with Crippen LogP contribution in [0, 0.1) is 0 Å². The molecule has 0 atom stereocenters. The van der Waals surface area contributed by atoms with Gasteiger partial charge < -0.3 is 9.52 Å². The highest BCUT2D eigenvalue weighted by Gasteiger charge is 2.41. The maximum atomic E-state index is 13.7. The van der Waals surface area contributed by atoms with Crippen molar-refractivity contribution in [3.05, 3.63) is 46.4 Å². The fraction of sp³-hybridized carbons (Fsp3) is 0.125. The molecule has 0 saturated carbocycles. The van der Waals surface area contributed by atoms with Gasteiger partial charge in [-0.25, -0.2) is 0 Å². The summed E-state index contributed by atoms with van der Waals surface area (Å²) in [6.45, 7) is 0. The van der Waals surface area contributed by atoms with Crippen LogP contribution in [0.5, 0.6) is 0 Å². The summed E-state index contributed by atoms with van der Waals surface area (Å²) < 4.78 is 33.8. The normalized spacial score (nSPS) is 12.0. The number of hydrogen-bond acceptors (Lipinski definition) is 3. The Morgan fingerprint density at radius 2 is 1.83 bits per heavy atom. The van der Waals surface area contributed by atoms with Crippen LogP contribution in [0.15, 0.2) is 45.3 Å². The summed E-state index contributed by atoms with van der Waals surface area (Å²) in [5, 5.41) is 9.70. The first-order chi connectivity index (χ1) is 10.8. The van der Waals surface area contributed by atoms with Crippen molar-refractivity contribution in [3.63, 3.8) is 0 Å². The van der Waals surface area contributed by atoms with Crippen molar-refractivity contribution in [2.45, 2.75) is 12.3 Å². The number of benzene rings is 2. The van der Waals surface area contributed by atoms with Gasteiger partial charge in [0.15, 0.2) is 0 Å². The Labute approximate surface area is 136 Å². The predicted molar refractivity (Wildman–Crippen MR) is 83.0 cm³/mol. The molecule has 0 aliphatic heterocycles. The molecule has 0 saturated heterocycles. The van der Waals surface area contributed by atoms with Crippen molar-refractivity contribution >= 4 is 49.6 Å². The monoisotopic (exact) mass is 382 g/mol. The number of hydrogen-bond donors (Lipinski definition) is 1. The molecule has 0 aliphatic carbocycles. The second-order valence-electron chi connectivity index (χ2n) is 5.06. The fourth-order valence-electron chi connectivity index (χ4n) is 2.37. The Morgan fingerprint density at radius 1 is 1.09 bits per heavy atom. The van der Waals surface area contributed by atoms with Crippen LogP contribution < -0.4 is 0 Å². The van der Waals surface area contributed by atoms with Crippen LogP contribution in [0.1, 0.15) is 16.8 Å². The Morgan fingerprint density at radius 3 is 2.52 bits per heavy atom. The minimum absolute atomic E-state index is 0.255. The van der Waals surface area contributed by atoms with Gasteiger partial charge in [-0.05, 0) is 36.4 Å². The average molecular weight is 383 g/mol. The number of furan rings is 1. The summed E-state index contributed by atoms with van der Waals surface area (Å²) in [5.74, 6) is -7.21. The van der Waals surface area contributed by atoms with Crippen LogP contribution >= 0.6 is 15.9 Å². The standard InChI is InChI=1S/C16H9BrF2O4/c17-9-2-3-10-11-5-8(1-4-12(11)23-13(10)6-9)15(22)16(18,19)7-14(20)21/h1-6H,7H2,(H,20,21). The zero-order valence-electron chi connectivity index (χ0n) is 11.5. The third kappa shape index (κ3) is 2.84. The fourth-order valence-corrected chi connectivity index (χ4v) is 2.71. The number of carboxylic acids is 1. The second kappa shape index (κ2) is 5.42. The molecule has 1 heterocycles. The third-order valence-corrected chi connectivity index (χ3v) is 3.89. The molecule has 118 valence electrons. The number of aliphatic carboxylic acids is 1. The van der Waals surface area contributed by atoms with Crippen molar-refractivity contribution in [3.8, 4) is 0 Å². The molecule has 0 radical (unpaired) electrons. The Bertz CT molecular complexity index is 946. The van der Waals surface area contributed by atoms with Gasteiger partial charge in [0.05, 0.1) is 0 Å². The molecule has 0 aliphatic rings. The first-order valence-electron chi connectivity index (χ1n) is 6.54. The van der Waals surface area contributed by atoms with E-state index in [0.717, 1.165) is 4.47 Å². The zero-order chi connectivity index (χ0) is 16.8. The molecule has 4 nitrogen and oxygen atoms in total. The first-order valence-corrected chi connectivity index (χ1v) is 7.33. The third-order valence-electron chi connectivity index (χ3n) is 3.40. The van der Waals surface area contributed by atoms with E-state index >= 15 is 0 Å². The van der Waals surface area contributed by atoms with E-state index in [1.165, 1.54) is 18.2 Å². The minimum atomic E-state index is -3.96. The molecule has 0 amide bonds. The topological polar surface area (TPSA) is 67.5 Å². The number of alkyl halides is 2. The van der Waals surface area contributed by atoms with Gasteiger partial charge in [0.1, 0.15) is 17.6 Å². The van der Waals surface area contributed by atoms with E-state index < -0.39 is 24.1 Å². The minimum Gasteiger partial charge on any atom is -0.481 e. The Kier molecular flexibility index (Phi) is 3.68. The molecule has 1 N–H and O–H groups in total. The van der Waals surface area contributed by atoms with Gasteiger partial charge >= 0.3 is 11.9 Å². The lowest BCUT2D eigenvalue weighted by Crippen LogP contribution is -2.31. The van der Waals surface area contributed by atoms with E-state index in [9.17, 15) is 18.4 Å². The van der Waals surface area contributed by atoms with Crippen molar-refractivity contribution in [1.29, 1.82) is 0 Å². The van der Waals surface area contributed by atoms with Gasteiger partial charge in [-0.1, -0.05) is 15.9 Å². The second-order valence-corrected chi connectivity index (χ2v) is 5.97. The van der Waals surface area contributed by atoms with Crippen LogP contribution in [0.3, 0.4) is 0 Å². The molecule has 7 heteroatoms. The summed E-state index contributed by atoms with van der Waals surface area (Å²) in [6.07, 6.45) is -1.54.